The molecule has 0 radical (unpaired) electrons. The van der Waals surface area contributed by atoms with E-state index in [4.69, 9.17) is 11.6 Å². The summed E-state index contributed by atoms with van der Waals surface area (Å²) in [5.41, 5.74) is 1.27. The Morgan fingerprint density at radius 2 is 1.92 bits per heavy atom. The van der Waals surface area contributed by atoms with Crippen molar-refractivity contribution >= 4 is 34.0 Å². The number of halogens is 2. The maximum absolute atomic E-state index is 13.7. The highest BCUT2D eigenvalue weighted by molar-refractivity contribution is 6.30. The summed E-state index contributed by atoms with van der Waals surface area (Å²) in [5, 5.41) is 7.22. The molecule has 0 aliphatic heterocycles. The van der Waals surface area contributed by atoms with Gasteiger partial charge in [0, 0.05) is 10.6 Å². The number of anilines is 1. The highest BCUT2D eigenvalue weighted by atomic mass is 35.5. The number of quaternary nitrogens is 1. The van der Waals surface area contributed by atoms with Crippen LogP contribution >= 0.6 is 11.6 Å². The van der Waals surface area contributed by atoms with Gasteiger partial charge in [0.1, 0.15) is 11.9 Å². The molecule has 3 N–H and O–H groups in total. The van der Waals surface area contributed by atoms with Gasteiger partial charge in [-0.3, -0.25) is 4.79 Å². The van der Waals surface area contributed by atoms with Crippen molar-refractivity contribution in [3.05, 3.63) is 77.1 Å². The Labute approximate surface area is 150 Å². The van der Waals surface area contributed by atoms with Crippen LogP contribution in [0.25, 0.3) is 10.8 Å². The second-order valence-corrected chi connectivity index (χ2v) is 6.41. The lowest BCUT2D eigenvalue weighted by Crippen LogP contribution is -2.86. The monoisotopic (exact) mass is 357 g/mol. The van der Waals surface area contributed by atoms with Crippen LogP contribution in [0.1, 0.15) is 18.5 Å². The molecule has 128 valence electrons. The molecule has 0 unspecified atom stereocenters. The SMILES string of the molecule is C[C@@H]([NH2+]CC(=O)Nc1cc(Cl)ccc1F)c1cccc2ccccc12. The van der Waals surface area contributed by atoms with E-state index in [1.165, 1.54) is 34.5 Å². The zero-order valence-electron chi connectivity index (χ0n) is 13.8. The van der Waals surface area contributed by atoms with Gasteiger partial charge in [-0.25, -0.2) is 4.39 Å². The quantitative estimate of drug-likeness (QED) is 0.714. The molecule has 3 rings (SSSR count). The number of benzene rings is 3. The first-order valence-corrected chi connectivity index (χ1v) is 8.48. The minimum absolute atomic E-state index is 0.0982. The van der Waals surface area contributed by atoms with Crippen LogP contribution in [-0.2, 0) is 4.79 Å². The van der Waals surface area contributed by atoms with Gasteiger partial charge in [0.15, 0.2) is 6.54 Å². The molecule has 0 fully saturated rings. The van der Waals surface area contributed by atoms with Gasteiger partial charge in [-0.05, 0) is 35.9 Å². The Morgan fingerprint density at radius 3 is 2.76 bits per heavy atom. The molecule has 25 heavy (non-hydrogen) atoms. The van der Waals surface area contributed by atoms with Crippen molar-refractivity contribution in [2.75, 3.05) is 11.9 Å². The van der Waals surface area contributed by atoms with Crippen molar-refractivity contribution < 1.29 is 14.5 Å². The Kier molecular flexibility index (Phi) is 5.31. The maximum atomic E-state index is 13.7. The summed E-state index contributed by atoms with van der Waals surface area (Å²) in [6, 6.07) is 18.5. The largest absolute Gasteiger partial charge is 0.332 e. The third kappa shape index (κ3) is 4.16. The number of rotatable bonds is 5. The van der Waals surface area contributed by atoms with E-state index in [0.29, 0.717) is 5.02 Å². The van der Waals surface area contributed by atoms with Crippen molar-refractivity contribution in [3.8, 4) is 0 Å². The summed E-state index contributed by atoms with van der Waals surface area (Å²) in [5.74, 6) is -0.770. The Morgan fingerprint density at radius 1 is 1.16 bits per heavy atom. The van der Waals surface area contributed by atoms with E-state index in [0.717, 1.165) is 0 Å². The second-order valence-electron chi connectivity index (χ2n) is 5.97. The molecule has 3 aromatic carbocycles. The van der Waals surface area contributed by atoms with Crippen LogP contribution in [0, 0.1) is 5.82 Å². The van der Waals surface area contributed by atoms with Crippen molar-refractivity contribution in [1.29, 1.82) is 0 Å². The molecule has 3 nitrogen and oxygen atoms in total. The van der Waals surface area contributed by atoms with Crippen molar-refractivity contribution in [1.82, 2.24) is 0 Å². The summed E-state index contributed by atoms with van der Waals surface area (Å²) in [4.78, 5) is 12.1. The molecule has 0 bridgehead atoms. The fraction of sp³-hybridized carbons (Fsp3) is 0.150. The Hall–Kier alpha value is -2.43. The maximum Gasteiger partial charge on any atom is 0.279 e. The average Bonchev–Trinajstić information content (AvgIpc) is 2.62. The van der Waals surface area contributed by atoms with Gasteiger partial charge < -0.3 is 10.6 Å². The van der Waals surface area contributed by atoms with Crippen molar-refractivity contribution in [2.24, 2.45) is 0 Å². The molecule has 0 saturated heterocycles. The zero-order chi connectivity index (χ0) is 17.8. The van der Waals surface area contributed by atoms with Crippen LogP contribution in [0.15, 0.2) is 60.7 Å². The first kappa shape index (κ1) is 17.4. The van der Waals surface area contributed by atoms with Gasteiger partial charge in [-0.15, -0.1) is 0 Å². The summed E-state index contributed by atoms with van der Waals surface area (Å²) in [7, 11) is 0. The van der Waals surface area contributed by atoms with Gasteiger partial charge in [0.05, 0.1) is 5.69 Å². The average molecular weight is 358 g/mol. The number of amides is 1. The lowest BCUT2D eigenvalue weighted by Gasteiger charge is -2.14. The Balaban J connectivity index is 1.66. The third-order valence-corrected chi connectivity index (χ3v) is 4.41. The molecule has 0 aromatic heterocycles. The number of nitrogens with one attached hydrogen (secondary N) is 1. The lowest BCUT2D eigenvalue weighted by atomic mass is 10.00. The highest BCUT2D eigenvalue weighted by Crippen LogP contribution is 2.22. The minimum Gasteiger partial charge on any atom is -0.332 e. The van der Waals surface area contributed by atoms with Crippen LogP contribution in [0.4, 0.5) is 10.1 Å². The molecule has 0 spiro atoms. The summed E-state index contributed by atoms with van der Waals surface area (Å²) < 4.78 is 13.7. The van der Waals surface area contributed by atoms with Gasteiger partial charge >= 0.3 is 0 Å². The molecule has 1 atom stereocenters. The molecule has 3 aromatic rings. The predicted octanol–water partition coefficient (Wildman–Crippen LogP) is 3.90. The molecule has 0 aliphatic rings. The van der Waals surface area contributed by atoms with E-state index >= 15 is 0 Å². The zero-order valence-corrected chi connectivity index (χ0v) is 14.6. The van der Waals surface area contributed by atoms with E-state index in [1.807, 2.05) is 23.5 Å². The molecular formula is C20H19ClFN2O+. The number of fused-ring (bicyclic) bond motifs is 1. The van der Waals surface area contributed by atoms with E-state index < -0.39 is 5.82 Å². The Bertz CT molecular complexity index is 908. The fourth-order valence-electron chi connectivity index (χ4n) is 2.85. The number of hydrogen-bond donors (Lipinski definition) is 2. The summed E-state index contributed by atoms with van der Waals surface area (Å²) in [6.07, 6.45) is 0. The van der Waals surface area contributed by atoms with Crippen LogP contribution in [0.3, 0.4) is 0 Å². The molecular weight excluding hydrogens is 339 g/mol. The molecule has 1 amide bonds. The third-order valence-electron chi connectivity index (χ3n) is 4.17. The van der Waals surface area contributed by atoms with E-state index in [9.17, 15) is 9.18 Å². The number of hydrogen-bond acceptors (Lipinski definition) is 1. The predicted molar refractivity (Wildman–Crippen MR) is 99.2 cm³/mol. The van der Waals surface area contributed by atoms with Gasteiger partial charge in [-0.1, -0.05) is 54.1 Å². The first-order valence-electron chi connectivity index (χ1n) is 8.10. The van der Waals surface area contributed by atoms with Gasteiger partial charge in [0.2, 0.25) is 0 Å². The molecule has 5 heteroatoms. The fourth-order valence-corrected chi connectivity index (χ4v) is 3.02. The van der Waals surface area contributed by atoms with Gasteiger partial charge in [0.25, 0.3) is 5.91 Å². The van der Waals surface area contributed by atoms with E-state index in [2.05, 4.69) is 36.5 Å². The second kappa shape index (κ2) is 7.64. The molecule has 0 saturated carbocycles. The van der Waals surface area contributed by atoms with Crippen LogP contribution < -0.4 is 10.6 Å². The topological polar surface area (TPSA) is 45.7 Å². The normalized spacial score (nSPS) is 12.1. The molecule has 0 heterocycles. The summed E-state index contributed by atoms with van der Waals surface area (Å²) >= 11 is 5.84. The number of nitrogens with two attached hydrogens (primary N) is 1. The van der Waals surface area contributed by atoms with Gasteiger partial charge in [-0.2, -0.15) is 0 Å². The summed E-state index contributed by atoms with van der Waals surface area (Å²) in [6.45, 7) is 2.24. The first-order chi connectivity index (χ1) is 12.0. The van der Waals surface area contributed by atoms with E-state index in [-0.39, 0.29) is 24.2 Å². The van der Waals surface area contributed by atoms with Crippen molar-refractivity contribution in [3.63, 3.8) is 0 Å². The smallest absolute Gasteiger partial charge is 0.279 e. The van der Waals surface area contributed by atoms with Crippen LogP contribution in [-0.4, -0.2) is 12.5 Å². The van der Waals surface area contributed by atoms with Crippen molar-refractivity contribution in [2.45, 2.75) is 13.0 Å². The lowest BCUT2D eigenvalue weighted by molar-refractivity contribution is -0.682. The van der Waals surface area contributed by atoms with Crippen LogP contribution in [0.2, 0.25) is 5.02 Å². The standard InChI is InChI=1S/C20H18ClFN2O/c1-13(16-8-4-6-14-5-2-3-7-17(14)16)23-12-20(25)24-19-11-15(21)9-10-18(19)22/h2-11,13,23H,12H2,1H3,(H,24,25)/p+1/t13-/m1/s1. The molecule has 0 aliphatic carbocycles. The number of carbonyl (C=O) groups excluding carboxylic acids is 1. The highest BCUT2D eigenvalue weighted by Gasteiger charge is 2.15. The number of carbonyl (C=O) groups is 1. The minimum atomic E-state index is -0.500. The van der Waals surface area contributed by atoms with Crippen LogP contribution in [0.5, 0.6) is 0 Å². The van der Waals surface area contributed by atoms with E-state index in [1.54, 1.807) is 0 Å².